The van der Waals surface area contributed by atoms with Crippen LogP contribution in [-0.2, 0) is 0 Å². The van der Waals surface area contributed by atoms with Gasteiger partial charge in [-0.15, -0.1) is 0 Å². The highest BCUT2D eigenvalue weighted by molar-refractivity contribution is 6.05. The number of benzene rings is 2. The molecule has 0 bridgehead atoms. The summed E-state index contributed by atoms with van der Waals surface area (Å²) in [7, 11) is 1.33. The van der Waals surface area contributed by atoms with Crippen LogP contribution in [0.3, 0.4) is 0 Å². The van der Waals surface area contributed by atoms with E-state index in [1.54, 1.807) is 0 Å². The molecule has 1 N–H and O–H groups in total. The largest absolute Gasteiger partial charge is 0.493 e. The van der Waals surface area contributed by atoms with E-state index in [0.717, 1.165) is 11.3 Å². The lowest BCUT2D eigenvalue weighted by molar-refractivity contribution is -0.0512. The number of carbonyl (C=O) groups excluding carboxylic acids is 1. The first kappa shape index (κ1) is 20.7. The van der Waals surface area contributed by atoms with Crippen molar-refractivity contribution in [2.24, 2.45) is 0 Å². The first-order chi connectivity index (χ1) is 12.7. The molecule has 0 aliphatic heterocycles. The van der Waals surface area contributed by atoms with Crippen molar-refractivity contribution in [3.8, 4) is 11.5 Å². The highest BCUT2D eigenvalue weighted by Gasteiger charge is 2.16. The van der Waals surface area contributed by atoms with Gasteiger partial charge in [-0.3, -0.25) is 4.79 Å². The number of amides is 1. The van der Waals surface area contributed by atoms with Gasteiger partial charge in [0.05, 0.1) is 7.11 Å². The molecule has 0 aliphatic rings. The Hall–Kier alpha value is -2.63. The average Bonchev–Trinajstić information content (AvgIpc) is 2.61. The zero-order valence-corrected chi connectivity index (χ0v) is 16.2. The monoisotopic (exact) mass is 377 g/mol. The van der Waals surface area contributed by atoms with Crippen molar-refractivity contribution in [2.75, 3.05) is 12.4 Å². The highest BCUT2D eigenvalue weighted by Crippen LogP contribution is 2.31. The van der Waals surface area contributed by atoms with Crippen LogP contribution in [0, 0.1) is 0 Å². The topological polar surface area (TPSA) is 47.6 Å². The number of hydrogen-bond donors (Lipinski definition) is 1. The van der Waals surface area contributed by atoms with Crippen molar-refractivity contribution in [2.45, 2.75) is 46.1 Å². The molecular weight excluding hydrogens is 352 g/mol. The molecule has 0 saturated carbocycles. The molecule has 4 nitrogen and oxygen atoms in total. The molecule has 2 aromatic rings. The van der Waals surface area contributed by atoms with E-state index in [1.807, 2.05) is 12.1 Å². The van der Waals surface area contributed by atoms with E-state index < -0.39 is 6.61 Å². The molecule has 27 heavy (non-hydrogen) atoms. The van der Waals surface area contributed by atoms with Crippen LogP contribution in [0.2, 0.25) is 0 Å². The number of halogens is 2. The Balaban J connectivity index is 2.29. The van der Waals surface area contributed by atoms with Gasteiger partial charge in [0, 0.05) is 11.3 Å². The first-order valence-electron chi connectivity index (χ1n) is 8.81. The van der Waals surface area contributed by atoms with Crippen molar-refractivity contribution >= 4 is 11.6 Å². The zero-order chi connectivity index (χ0) is 20.1. The fourth-order valence-electron chi connectivity index (χ4n) is 2.73. The second-order valence-electron chi connectivity index (χ2n) is 6.85. The summed E-state index contributed by atoms with van der Waals surface area (Å²) in [4.78, 5) is 12.7. The summed E-state index contributed by atoms with van der Waals surface area (Å²) in [5.41, 5.74) is 3.26. The van der Waals surface area contributed by atoms with Gasteiger partial charge in [0.2, 0.25) is 0 Å². The fourth-order valence-corrected chi connectivity index (χ4v) is 2.73. The minimum atomic E-state index is -2.97. The molecule has 0 atom stereocenters. The molecule has 0 aromatic heterocycles. The van der Waals surface area contributed by atoms with Gasteiger partial charge in [-0.2, -0.15) is 8.78 Å². The van der Waals surface area contributed by atoms with Crippen LogP contribution >= 0.6 is 0 Å². The standard InChI is InChI=1S/C21H25F2NO3/c1-12(2)14-6-8-17(16(10-14)13(3)4)24-20(25)15-7-9-18(27-21(22)23)19(11-15)26-5/h6-13,21H,1-5H3,(H,24,25). The predicted octanol–water partition coefficient (Wildman–Crippen LogP) is 5.80. The second-order valence-corrected chi connectivity index (χ2v) is 6.85. The third kappa shape index (κ3) is 5.18. The number of hydrogen-bond acceptors (Lipinski definition) is 3. The Kier molecular flexibility index (Phi) is 6.77. The average molecular weight is 377 g/mol. The van der Waals surface area contributed by atoms with Crippen molar-refractivity contribution in [3.05, 3.63) is 53.1 Å². The van der Waals surface area contributed by atoms with Gasteiger partial charge in [-0.05, 0) is 47.2 Å². The zero-order valence-electron chi connectivity index (χ0n) is 16.2. The summed E-state index contributed by atoms with van der Waals surface area (Å²) in [5.74, 6) is 0.223. The molecule has 6 heteroatoms. The quantitative estimate of drug-likeness (QED) is 0.664. The normalized spacial score (nSPS) is 11.2. The summed E-state index contributed by atoms with van der Waals surface area (Å²) in [5, 5.41) is 2.90. The Morgan fingerprint density at radius 3 is 2.22 bits per heavy atom. The van der Waals surface area contributed by atoms with E-state index in [0.29, 0.717) is 5.92 Å². The summed E-state index contributed by atoms with van der Waals surface area (Å²) in [6.07, 6.45) is 0. The van der Waals surface area contributed by atoms with Crippen LogP contribution in [0.4, 0.5) is 14.5 Å². The van der Waals surface area contributed by atoms with Crippen LogP contribution in [0.25, 0.3) is 0 Å². The number of carbonyl (C=O) groups is 1. The molecule has 0 saturated heterocycles. The van der Waals surface area contributed by atoms with E-state index in [2.05, 4.69) is 43.8 Å². The molecule has 0 aliphatic carbocycles. The van der Waals surface area contributed by atoms with Gasteiger partial charge >= 0.3 is 6.61 Å². The van der Waals surface area contributed by atoms with E-state index in [4.69, 9.17) is 4.74 Å². The predicted molar refractivity (Wildman–Crippen MR) is 102 cm³/mol. The van der Waals surface area contributed by atoms with Crippen LogP contribution in [0.5, 0.6) is 11.5 Å². The van der Waals surface area contributed by atoms with Gasteiger partial charge in [-0.25, -0.2) is 0 Å². The Labute approximate surface area is 158 Å². The Morgan fingerprint density at radius 1 is 0.963 bits per heavy atom. The smallest absolute Gasteiger partial charge is 0.387 e. The molecule has 2 aromatic carbocycles. The van der Waals surface area contributed by atoms with Crippen molar-refractivity contribution in [1.29, 1.82) is 0 Å². The fraction of sp³-hybridized carbons (Fsp3) is 0.381. The highest BCUT2D eigenvalue weighted by atomic mass is 19.3. The SMILES string of the molecule is COc1cc(C(=O)Nc2ccc(C(C)C)cc2C(C)C)ccc1OC(F)F. The summed E-state index contributed by atoms with van der Waals surface area (Å²) in [6.45, 7) is 5.40. The number of ether oxygens (including phenoxy) is 2. The lowest BCUT2D eigenvalue weighted by atomic mass is 9.94. The molecule has 146 valence electrons. The molecule has 0 unspecified atom stereocenters. The second kappa shape index (κ2) is 8.84. The molecule has 0 fully saturated rings. The summed E-state index contributed by atoms with van der Waals surface area (Å²) >= 11 is 0. The van der Waals surface area contributed by atoms with Gasteiger partial charge in [-0.1, -0.05) is 39.8 Å². The van der Waals surface area contributed by atoms with Gasteiger partial charge < -0.3 is 14.8 Å². The van der Waals surface area contributed by atoms with Crippen molar-refractivity contribution < 1.29 is 23.0 Å². The van der Waals surface area contributed by atoms with Crippen LogP contribution in [0.1, 0.15) is 61.0 Å². The van der Waals surface area contributed by atoms with E-state index in [9.17, 15) is 13.6 Å². The van der Waals surface area contributed by atoms with E-state index in [-0.39, 0.29) is 28.9 Å². The maximum atomic E-state index is 12.7. The minimum Gasteiger partial charge on any atom is -0.493 e. The van der Waals surface area contributed by atoms with Gasteiger partial charge in [0.25, 0.3) is 5.91 Å². The summed E-state index contributed by atoms with van der Waals surface area (Å²) < 4.78 is 34.3. The van der Waals surface area contributed by atoms with E-state index >= 15 is 0 Å². The number of rotatable bonds is 7. The van der Waals surface area contributed by atoms with Crippen LogP contribution < -0.4 is 14.8 Å². The molecule has 1 amide bonds. The van der Waals surface area contributed by atoms with Crippen molar-refractivity contribution in [1.82, 2.24) is 0 Å². The summed E-state index contributed by atoms with van der Waals surface area (Å²) in [6, 6.07) is 10.1. The molecular formula is C21H25F2NO3. The van der Waals surface area contributed by atoms with Crippen molar-refractivity contribution in [3.63, 3.8) is 0 Å². The Bertz CT molecular complexity index is 804. The van der Waals surface area contributed by atoms with Crippen LogP contribution in [0.15, 0.2) is 36.4 Å². The lowest BCUT2D eigenvalue weighted by Gasteiger charge is -2.17. The maximum Gasteiger partial charge on any atom is 0.387 e. The Morgan fingerprint density at radius 2 is 1.67 bits per heavy atom. The molecule has 0 radical (unpaired) electrons. The molecule has 0 heterocycles. The number of anilines is 1. The minimum absolute atomic E-state index is 0.0715. The van der Waals surface area contributed by atoms with Crippen LogP contribution in [-0.4, -0.2) is 19.6 Å². The number of nitrogens with one attached hydrogen (secondary N) is 1. The van der Waals surface area contributed by atoms with E-state index in [1.165, 1.54) is 30.9 Å². The number of alkyl halides is 2. The maximum absolute atomic E-state index is 12.7. The van der Waals surface area contributed by atoms with Gasteiger partial charge in [0.15, 0.2) is 11.5 Å². The first-order valence-corrected chi connectivity index (χ1v) is 8.81. The lowest BCUT2D eigenvalue weighted by Crippen LogP contribution is -2.14. The third-order valence-corrected chi connectivity index (χ3v) is 4.25. The molecule has 0 spiro atoms. The molecule has 2 rings (SSSR count). The third-order valence-electron chi connectivity index (χ3n) is 4.25. The number of methoxy groups -OCH3 is 1. The van der Waals surface area contributed by atoms with Gasteiger partial charge in [0.1, 0.15) is 0 Å².